The number of aromatic nitrogens is 1. The monoisotopic (exact) mass is 285 g/mol. The van der Waals surface area contributed by atoms with E-state index in [1.54, 1.807) is 12.4 Å². The molecule has 0 radical (unpaired) electrons. The van der Waals surface area contributed by atoms with Crippen molar-refractivity contribution in [1.82, 2.24) is 10.3 Å². The maximum atomic E-state index is 12.1. The summed E-state index contributed by atoms with van der Waals surface area (Å²) in [5.41, 5.74) is 0.781. The predicted octanol–water partition coefficient (Wildman–Crippen LogP) is 2.66. The van der Waals surface area contributed by atoms with E-state index in [1.807, 2.05) is 24.3 Å². The lowest BCUT2D eigenvalue weighted by molar-refractivity contribution is 0.118. The number of nitrogens with zero attached hydrogens (tertiary/aromatic N) is 1. The molecule has 0 spiro atoms. The lowest BCUT2D eigenvalue weighted by Crippen LogP contribution is -2.40. The number of anilines is 1. The highest BCUT2D eigenvalue weighted by atomic mass is 16.3. The molecule has 0 saturated heterocycles. The fraction of sp³-hybridized carbons (Fsp3) is 0.375. The first-order valence-corrected chi connectivity index (χ1v) is 7.31. The number of rotatable bonds is 2. The summed E-state index contributed by atoms with van der Waals surface area (Å²) in [6.07, 6.45) is 6.45. The predicted molar refractivity (Wildman–Crippen MR) is 82.2 cm³/mol. The van der Waals surface area contributed by atoms with Crippen molar-refractivity contribution in [3.05, 3.63) is 36.7 Å². The molecule has 1 saturated carbocycles. The Morgan fingerprint density at radius 3 is 2.81 bits per heavy atom. The van der Waals surface area contributed by atoms with Crippen LogP contribution < -0.4 is 10.6 Å². The second-order valence-electron chi connectivity index (χ2n) is 5.51. The third-order valence-corrected chi connectivity index (χ3v) is 3.96. The Labute approximate surface area is 123 Å². The molecular formula is C16H19N3O2. The zero-order chi connectivity index (χ0) is 14.7. The number of hydrogen-bond donors (Lipinski definition) is 3. The average Bonchev–Trinajstić information content (AvgIpc) is 2.50. The van der Waals surface area contributed by atoms with Gasteiger partial charge in [0, 0.05) is 29.2 Å². The Hall–Kier alpha value is -2.14. The number of aliphatic hydroxyl groups excluding tert-OH is 1. The standard InChI is InChI=1S/C16H19N3O2/c20-13-6-4-12(5-7-13)18-16(21)19-15-3-1-2-11-10-17-9-8-14(11)15/h1-3,8-10,12-13,20H,4-7H2,(H2,18,19,21). The maximum Gasteiger partial charge on any atom is 0.319 e. The fourth-order valence-corrected chi connectivity index (χ4v) is 2.80. The summed E-state index contributed by atoms with van der Waals surface area (Å²) in [7, 11) is 0. The minimum absolute atomic E-state index is 0.144. The molecule has 1 aromatic carbocycles. The molecule has 1 aliphatic carbocycles. The molecule has 2 aromatic rings. The van der Waals surface area contributed by atoms with Gasteiger partial charge >= 0.3 is 6.03 Å². The van der Waals surface area contributed by atoms with Crippen molar-refractivity contribution in [3.63, 3.8) is 0 Å². The first-order chi connectivity index (χ1) is 10.2. The highest BCUT2D eigenvalue weighted by molar-refractivity contribution is 6.01. The molecule has 1 aromatic heterocycles. The van der Waals surface area contributed by atoms with Crippen molar-refractivity contribution in [2.24, 2.45) is 0 Å². The van der Waals surface area contributed by atoms with E-state index in [1.165, 1.54) is 0 Å². The SMILES string of the molecule is O=C(Nc1cccc2cnccc12)NC1CCC(O)CC1. The number of amides is 2. The number of hydrogen-bond acceptors (Lipinski definition) is 3. The van der Waals surface area contributed by atoms with Crippen LogP contribution in [0.5, 0.6) is 0 Å². The van der Waals surface area contributed by atoms with Gasteiger partial charge in [-0.3, -0.25) is 4.98 Å². The summed E-state index contributed by atoms with van der Waals surface area (Å²) in [4.78, 5) is 16.2. The molecule has 5 heteroatoms. The van der Waals surface area contributed by atoms with Gasteiger partial charge in [-0.05, 0) is 37.8 Å². The largest absolute Gasteiger partial charge is 0.393 e. The van der Waals surface area contributed by atoms with Gasteiger partial charge in [0.25, 0.3) is 0 Å². The number of benzene rings is 1. The molecule has 21 heavy (non-hydrogen) atoms. The second kappa shape index (κ2) is 6.10. The molecule has 1 heterocycles. The molecule has 3 N–H and O–H groups in total. The van der Waals surface area contributed by atoms with E-state index in [9.17, 15) is 9.90 Å². The van der Waals surface area contributed by atoms with Gasteiger partial charge in [0.1, 0.15) is 0 Å². The minimum atomic E-state index is -0.211. The van der Waals surface area contributed by atoms with Gasteiger partial charge in [-0.2, -0.15) is 0 Å². The number of nitrogens with one attached hydrogen (secondary N) is 2. The zero-order valence-electron chi connectivity index (χ0n) is 11.7. The lowest BCUT2D eigenvalue weighted by Gasteiger charge is -2.26. The minimum Gasteiger partial charge on any atom is -0.393 e. The zero-order valence-corrected chi connectivity index (χ0v) is 11.7. The molecule has 3 rings (SSSR count). The topological polar surface area (TPSA) is 74.2 Å². The number of aliphatic hydroxyl groups is 1. The van der Waals surface area contributed by atoms with E-state index >= 15 is 0 Å². The number of carbonyl (C=O) groups excluding carboxylic acids is 1. The lowest BCUT2D eigenvalue weighted by atomic mass is 9.93. The summed E-state index contributed by atoms with van der Waals surface area (Å²) in [6.45, 7) is 0. The molecular weight excluding hydrogens is 266 g/mol. The van der Waals surface area contributed by atoms with E-state index < -0.39 is 0 Å². The number of carbonyl (C=O) groups is 1. The van der Waals surface area contributed by atoms with Crippen molar-refractivity contribution in [2.45, 2.75) is 37.8 Å². The average molecular weight is 285 g/mol. The molecule has 110 valence electrons. The molecule has 5 nitrogen and oxygen atoms in total. The Kier molecular flexibility index (Phi) is 4.01. The number of urea groups is 1. The van der Waals surface area contributed by atoms with Gasteiger partial charge in [-0.1, -0.05) is 12.1 Å². The van der Waals surface area contributed by atoms with Crippen LogP contribution in [-0.2, 0) is 0 Å². The molecule has 0 aliphatic heterocycles. The molecule has 1 aliphatic rings. The highest BCUT2D eigenvalue weighted by Gasteiger charge is 2.20. The second-order valence-corrected chi connectivity index (χ2v) is 5.51. The van der Waals surface area contributed by atoms with Crippen molar-refractivity contribution >= 4 is 22.5 Å². The molecule has 0 unspecified atom stereocenters. The van der Waals surface area contributed by atoms with E-state index in [-0.39, 0.29) is 18.2 Å². The van der Waals surface area contributed by atoms with Gasteiger partial charge in [0.2, 0.25) is 0 Å². The molecule has 0 bridgehead atoms. The Morgan fingerprint density at radius 2 is 2.00 bits per heavy atom. The van der Waals surface area contributed by atoms with E-state index in [0.29, 0.717) is 0 Å². The van der Waals surface area contributed by atoms with E-state index in [4.69, 9.17) is 0 Å². The fourth-order valence-electron chi connectivity index (χ4n) is 2.80. The maximum absolute atomic E-state index is 12.1. The first kappa shape index (κ1) is 13.8. The smallest absolute Gasteiger partial charge is 0.319 e. The summed E-state index contributed by atoms with van der Waals surface area (Å²) >= 11 is 0. The van der Waals surface area contributed by atoms with Crippen LogP contribution in [0.25, 0.3) is 10.8 Å². The van der Waals surface area contributed by atoms with Crippen LogP contribution in [-0.4, -0.2) is 28.3 Å². The third kappa shape index (κ3) is 3.31. The van der Waals surface area contributed by atoms with Gasteiger partial charge in [0.05, 0.1) is 11.8 Å². The van der Waals surface area contributed by atoms with Crippen molar-refractivity contribution in [1.29, 1.82) is 0 Å². The van der Waals surface area contributed by atoms with Gasteiger partial charge in [0.15, 0.2) is 0 Å². The number of pyridine rings is 1. The van der Waals surface area contributed by atoms with Crippen LogP contribution in [0, 0.1) is 0 Å². The van der Waals surface area contributed by atoms with Gasteiger partial charge in [-0.25, -0.2) is 4.79 Å². The van der Waals surface area contributed by atoms with Gasteiger partial charge in [-0.15, -0.1) is 0 Å². The van der Waals surface area contributed by atoms with Crippen LogP contribution in [0.1, 0.15) is 25.7 Å². The molecule has 0 atom stereocenters. The summed E-state index contributed by atoms with van der Waals surface area (Å²) in [5.74, 6) is 0. The summed E-state index contributed by atoms with van der Waals surface area (Å²) < 4.78 is 0. The Balaban J connectivity index is 1.66. The number of fused-ring (bicyclic) bond motifs is 1. The van der Waals surface area contributed by atoms with Crippen LogP contribution in [0.3, 0.4) is 0 Å². The van der Waals surface area contributed by atoms with Crippen molar-refractivity contribution in [3.8, 4) is 0 Å². The molecule has 1 fully saturated rings. The Morgan fingerprint density at radius 1 is 1.19 bits per heavy atom. The van der Waals surface area contributed by atoms with Crippen molar-refractivity contribution in [2.75, 3.05) is 5.32 Å². The quantitative estimate of drug-likeness (QED) is 0.794. The molecule has 2 amide bonds. The highest BCUT2D eigenvalue weighted by Crippen LogP contribution is 2.22. The van der Waals surface area contributed by atoms with Gasteiger partial charge < -0.3 is 15.7 Å². The normalized spacial score (nSPS) is 22.0. The van der Waals surface area contributed by atoms with E-state index in [0.717, 1.165) is 42.1 Å². The third-order valence-electron chi connectivity index (χ3n) is 3.96. The summed E-state index contributed by atoms with van der Waals surface area (Å²) in [5, 5.41) is 17.3. The van der Waals surface area contributed by atoms with Crippen LogP contribution in [0.15, 0.2) is 36.7 Å². The summed E-state index contributed by atoms with van der Waals surface area (Å²) in [6, 6.07) is 7.59. The van der Waals surface area contributed by atoms with Crippen LogP contribution in [0.4, 0.5) is 10.5 Å². The van der Waals surface area contributed by atoms with Crippen LogP contribution in [0.2, 0.25) is 0 Å². The van der Waals surface area contributed by atoms with E-state index in [2.05, 4.69) is 15.6 Å². The van der Waals surface area contributed by atoms with Crippen molar-refractivity contribution < 1.29 is 9.90 Å². The Bertz CT molecular complexity index is 631. The first-order valence-electron chi connectivity index (χ1n) is 7.31. The van der Waals surface area contributed by atoms with Crippen LogP contribution >= 0.6 is 0 Å².